The normalized spacial score (nSPS) is 11.5. The Bertz CT molecular complexity index is 776. The molecule has 0 N–H and O–H groups in total. The molecule has 3 nitrogen and oxygen atoms in total. The van der Waals surface area contributed by atoms with Crippen molar-refractivity contribution in [3.63, 3.8) is 0 Å². The zero-order valence-electron chi connectivity index (χ0n) is 12.0. The number of benzene rings is 2. The Balaban J connectivity index is 1.84. The summed E-state index contributed by atoms with van der Waals surface area (Å²) >= 11 is 6.29. The SMILES string of the molecule is COc1ccc(/C=C(\Cl)c2ncc(-c3ccccc3)o2)cc1. The van der Waals surface area contributed by atoms with Gasteiger partial charge in [0, 0.05) is 5.56 Å². The van der Waals surface area contributed by atoms with E-state index in [1.165, 1.54) is 0 Å². The molecule has 0 radical (unpaired) electrons. The minimum Gasteiger partial charge on any atom is -0.497 e. The van der Waals surface area contributed by atoms with E-state index < -0.39 is 0 Å². The standard InChI is InChI=1S/C18H14ClNO2/c1-21-15-9-7-13(8-10-15)11-16(19)18-20-12-17(22-18)14-5-3-2-4-6-14/h2-12H,1H3/b16-11-. The van der Waals surface area contributed by atoms with Crippen LogP contribution in [0.15, 0.2) is 65.2 Å². The van der Waals surface area contributed by atoms with Gasteiger partial charge < -0.3 is 9.15 Å². The van der Waals surface area contributed by atoms with Gasteiger partial charge in [0.15, 0.2) is 5.76 Å². The van der Waals surface area contributed by atoms with Crippen LogP contribution in [0.4, 0.5) is 0 Å². The monoisotopic (exact) mass is 311 g/mol. The number of oxazole rings is 1. The van der Waals surface area contributed by atoms with Crippen LogP contribution >= 0.6 is 11.6 Å². The molecule has 110 valence electrons. The third-order valence-electron chi connectivity index (χ3n) is 3.18. The number of aromatic nitrogens is 1. The summed E-state index contributed by atoms with van der Waals surface area (Å²) in [4.78, 5) is 4.23. The van der Waals surface area contributed by atoms with Gasteiger partial charge in [-0.2, -0.15) is 0 Å². The van der Waals surface area contributed by atoms with Gasteiger partial charge in [-0.05, 0) is 23.8 Å². The molecule has 3 rings (SSSR count). The predicted molar refractivity (Wildman–Crippen MR) is 88.7 cm³/mol. The first kappa shape index (κ1) is 14.4. The van der Waals surface area contributed by atoms with Crippen molar-refractivity contribution in [2.75, 3.05) is 7.11 Å². The highest BCUT2D eigenvalue weighted by atomic mass is 35.5. The first-order valence-electron chi connectivity index (χ1n) is 6.79. The molecule has 0 saturated carbocycles. The summed E-state index contributed by atoms with van der Waals surface area (Å²) in [6.07, 6.45) is 3.48. The van der Waals surface area contributed by atoms with Crippen LogP contribution in [-0.4, -0.2) is 12.1 Å². The summed E-state index contributed by atoms with van der Waals surface area (Å²) in [6.45, 7) is 0. The van der Waals surface area contributed by atoms with Gasteiger partial charge in [-0.25, -0.2) is 4.98 Å². The van der Waals surface area contributed by atoms with E-state index in [1.54, 1.807) is 13.3 Å². The zero-order valence-corrected chi connectivity index (χ0v) is 12.7. The van der Waals surface area contributed by atoms with Crippen LogP contribution in [0.1, 0.15) is 11.5 Å². The van der Waals surface area contributed by atoms with E-state index in [2.05, 4.69) is 4.98 Å². The lowest BCUT2D eigenvalue weighted by molar-refractivity contribution is 0.415. The molecule has 0 atom stereocenters. The van der Waals surface area contributed by atoms with Crippen molar-refractivity contribution < 1.29 is 9.15 Å². The largest absolute Gasteiger partial charge is 0.497 e. The topological polar surface area (TPSA) is 35.3 Å². The Morgan fingerprint density at radius 1 is 1.09 bits per heavy atom. The molecule has 0 aliphatic carbocycles. The number of hydrogen-bond donors (Lipinski definition) is 0. The van der Waals surface area contributed by atoms with E-state index in [4.69, 9.17) is 20.8 Å². The first-order chi connectivity index (χ1) is 10.8. The van der Waals surface area contributed by atoms with E-state index in [0.717, 1.165) is 16.9 Å². The maximum Gasteiger partial charge on any atom is 0.238 e. The molecule has 0 aliphatic heterocycles. The van der Waals surface area contributed by atoms with Crippen molar-refractivity contribution in [3.8, 4) is 17.1 Å². The number of ether oxygens (including phenoxy) is 1. The van der Waals surface area contributed by atoms with Crippen LogP contribution in [0.2, 0.25) is 0 Å². The Hall–Kier alpha value is -2.52. The molecular formula is C18H14ClNO2. The van der Waals surface area contributed by atoms with Crippen LogP contribution in [0.25, 0.3) is 22.4 Å². The van der Waals surface area contributed by atoms with E-state index in [9.17, 15) is 0 Å². The number of hydrogen-bond acceptors (Lipinski definition) is 3. The summed E-state index contributed by atoms with van der Waals surface area (Å²) in [5, 5.41) is 0.451. The second-order valence-electron chi connectivity index (χ2n) is 4.66. The summed E-state index contributed by atoms with van der Waals surface area (Å²) < 4.78 is 10.8. The van der Waals surface area contributed by atoms with Crippen LogP contribution in [-0.2, 0) is 0 Å². The van der Waals surface area contributed by atoms with E-state index in [0.29, 0.717) is 16.7 Å². The molecule has 3 aromatic rings. The van der Waals surface area contributed by atoms with Crippen LogP contribution in [0, 0.1) is 0 Å². The Kier molecular flexibility index (Phi) is 4.26. The fourth-order valence-corrected chi connectivity index (χ4v) is 2.24. The maximum atomic E-state index is 6.29. The molecule has 1 heterocycles. The fourth-order valence-electron chi connectivity index (χ4n) is 2.03. The number of halogens is 1. The molecule has 0 amide bonds. The van der Waals surface area contributed by atoms with Gasteiger partial charge in [0.1, 0.15) is 10.8 Å². The lowest BCUT2D eigenvalue weighted by Gasteiger charge is -2.00. The molecule has 0 aliphatic rings. The maximum absolute atomic E-state index is 6.29. The van der Waals surface area contributed by atoms with Gasteiger partial charge in [0.05, 0.1) is 13.3 Å². The molecule has 0 fully saturated rings. The van der Waals surface area contributed by atoms with Crippen LogP contribution < -0.4 is 4.74 Å². The molecule has 0 saturated heterocycles. The second-order valence-corrected chi connectivity index (χ2v) is 5.07. The van der Waals surface area contributed by atoms with E-state index in [1.807, 2.05) is 60.7 Å². The highest BCUT2D eigenvalue weighted by Crippen LogP contribution is 2.27. The van der Waals surface area contributed by atoms with E-state index >= 15 is 0 Å². The van der Waals surface area contributed by atoms with Crippen LogP contribution in [0.3, 0.4) is 0 Å². The highest BCUT2D eigenvalue weighted by molar-refractivity contribution is 6.50. The Morgan fingerprint density at radius 2 is 1.82 bits per heavy atom. The summed E-state index contributed by atoms with van der Waals surface area (Å²) in [5.41, 5.74) is 1.92. The van der Waals surface area contributed by atoms with Gasteiger partial charge in [0.25, 0.3) is 0 Å². The van der Waals surface area contributed by atoms with Crippen molar-refractivity contribution >= 4 is 22.7 Å². The predicted octanol–water partition coefficient (Wildman–Crippen LogP) is 5.09. The first-order valence-corrected chi connectivity index (χ1v) is 7.17. The molecule has 1 aromatic heterocycles. The van der Waals surface area contributed by atoms with Crippen molar-refractivity contribution in [3.05, 3.63) is 72.2 Å². The lowest BCUT2D eigenvalue weighted by Crippen LogP contribution is -1.82. The Labute approximate surface area is 133 Å². The van der Waals surface area contributed by atoms with Gasteiger partial charge in [-0.3, -0.25) is 0 Å². The minimum atomic E-state index is 0.399. The summed E-state index contributed by atoms with van der Waals surface area (Å²) in [7, 11) is 1.63. The van der Waals surface area contributed by atoms with Gasteiger partial charge in [0.2, 0.25) is 5.89 Å². The lowest BCUT2D eigenvalue weighted by atomic mass is 10.2. The quantitative estimate of drug-likeness (QED) is 0.673. The summed E-state index contributed by atoms with van der Waals surface area (Å²) in [5.74, 6) is 1.89. The van der Waals surface area contributed by atoms with Crippen molar-refractivity contribution in [2.24, 2.45) is 0 Å². The number of methoxy groups -OCH3 is 1. The molecule has 0 bridgehead atoms. The molecule has 0 spiro atoms. The molecule has 4 heteroatoms. The van der Waals surface area contributed by atoms with Gasteiger partial charge >= 0.3 is 0 Å². The van der Waals surface area contributed by atoms with Gasteiger partial charge in [-0.15, -0.1) is 0 Å². The average molecular weight is 312 g/mol. The minimum absolute atomic E-state index is 0.399. The van der Waals surface area contributed by atoms with E-state index in [-0.39, 0.29) is 0 Å². The second kappa shape index (κ2) is 6.50. The summed E-state index contributed by atoms with van der Waals surface area (Å²) in [6, 6.07) is 17.4. The molecule has 2 aromatic carbocycles. The number of nitrogens with zero attached hydrogens (tertiary/aromatic N) is 1. The van der Waals surface area contributed by atoms with Crippen LogP contribution in [0.5, 0.6) is 5.75 Å². The highest BCUT2D eigenvalue weighted by Gasteiger charge is 2.09. The van der Waals surface area contributed by atoms with Crippen molar-refractivity contribution in [1.82, 2.24) is 4.98 Å². The van der Waals surface area contributed by atoms with Crippen molar-refractivity contribution in [1.29, 1.82) is 0 Å². The smallest absolute Gasteiger partial charge is 0.238 e. The third kappa shape index (κ3) is 3.21. The fraction of sp³-hybridized carbons (Fsp3) is 0.0556. The molecular weight excluding hydrogens is 298 g/mol. The van der Waals surface area contributed by atoms with Crippen molar-refractivity contribution in [2.45, 2.75) is 0 Å². The zero-order chi connectivity index (χ0) is 15.4. The number of rotatable bonds is 4. The van der Waals surface area contributed by atoms with Gasteiger partial charge in [-0.1, -0.05) is 54.1 Å². The average Bonchev–Trinajstić information content (AvgIpc) is 3.06. The molecule has 0 unspecified atom stereocenters. The third-order valence-corrected chi connectivity index (χ3v) is 3.45. The molecule has 22 heavy (non-hydrogen) atoms. The Morgan fingerprint density at radius 3 is 2.50 bits per heavy atom.